The molecule has 0 fully saturated rings. The molecule has 1 atom stereocenters. The smallest absolute Gasteiger partial charge is 0.251 e. The molecule has 0 saturated heterocycles. The molecule has 2 rings (SSSR count). The van der Waals surface area contributed by atoms with Crippen molar-refractivity contribution in [1.82, 2.24) is 9.62 Å². The van der Waals surface area contributed by atoms with Crippen molar-refractivity contribution in [2.24, 2.45) is 5.92 Å². The molecular formula is C20H26N2O3S. The third-order valence-electron chi connectivity index (χ3n) is 4.09. The van der Waals surface area contributed by atoms with E-state index < -0.39 is 10.0 Å². The van der Waals surface area contributed by atoms with Crippen LogP contribution in [0.25, 0.3) is 0 Å². The van der Waals surface area contributed by atoms with E-state index in [1.165, 1.54) is 26.2 Å². The van der Waals surface area contributed by atoms with Crippen LogP contribution in [0.5, 0.6) is 0 Å². The number of nitrogens with zero attached hydrogens (tertiary/aromatic N) is 1. The average Bonchev–Trinajstić information content (AvgIpc) is 2.61. The lowest BCUT2D eigenvalue weighted by molar-refractivity contribution is 0.0931. The molecule has 0 aromatic heterocycles. The molecule has 0 spiro atoms. The molecular weight excluding hydrogens is 348 g/mol. The summed E-state index contributed by atoms with van der Waals surface area (Å²) >= 11 is 0. The zero-order chi connectivity index (χ0) is 19.3. The number of benzene rings is 2. The molecule has 0 saturated carbocycles. The second kappa shape index (κ2) is 8.47. The van der Waals surface area contributed by atoms with Gasteiger partial charge in [0, 0.05) is 19.7 Å². The Kier molecular flexibility index (Phi) is 6.56. The predicted molar refractivity (Wildman–Crippen MR) is 103 cm³/mol. The fourth-order valence-electron chi connectivity index (χ4n) is 2.69. The molecule has 2 aromatic carbocycles. The number of hydrogen-bond acceptors (Lipinski definition) is 3. The Balaban J connectivity index is 2.27. The first kappa shape index (κ1) is 20.1. The third kappa shape index (κ3) is 4.93. The maximum atomic E-state index is 12.7. The Labute approximate surface area is 156 Å². The van der Waals surface area contributed by atoms with Crippen LogP contribution in [-0.2, 0) is 10.0 Å². The molecule has 0 bridgehead atoms. The fourth-order valence-corrected chi connectivity index (χ4v) is 3.63. The van der Waals surface area contributed by atoms with E-state index in [4.69, 9.17) is 0 Å². The Morgan fingerprint density at radius 2 is 1.69 bits per heavy atom. The predicted octanol–water partition coefficient (Wildman–Crippen LogP) is 3.45. The van der Waals surface area contributed by atoms with E-state index in [-0.39, 0.29) is 16.8 Å². The van der Waals surface area contributed by atoms with E-state index in [1.54, 1.807) is 12.1 Å². The summed E-state index contributed by atoms with van der Waals surface area (Å²) in [6, 6.07) is 15.8. The van der Waals surface area contributed by atoms with Crippen LogP contribution in [0.3, 0.4) is 0 Å². The first-order chi connectivity index (χ1) is 12.2. The van der Waals surface area contributed by atoms with E-state index in [0.717, 1.165) is 16.3 Å². The van der Waals surface area contributed by atoms with Gasteiger partial charge in [-0.25, -0.2) is 12.7 Å². The number of hydrogen-bond donors (Lipinski definition) is 1. The van der Waals surface area contributed by atoms with Gasteiger partial charge in [0.2, 0.25) is 10.0 Å². The Bertz CT molecular complexity index is 846. The minimum atomic E-state index is -3.58. The monoisotopic (exact) mass is 374 g/mol. The highest BCUT2D eigenvalue weighted by molar-refractivity contribution is 7.89. The van der Waals surface area contributed by atoms with Crippen LogP contribution < -0.4 is 5.32 Å². The van der Waals surface area contributed by atoms with Gasteiger partial charge in [-0.2, -0.15) is 0 Å². The van der Waals surface area contributed by atoms with Gasteiger partial charge in [0.15, 0.2) is 0 Å². The van der Waals surface area contributed by atoms with E-state index in [9.17, 15) is 13.2 Å². The lowest BCUT2D eigenvalue weighted by Gasteiger charge is -2.21. The largest absolute Gasteiger partial charge is 0.345 e. The van der Waals surface area contributed by atoms with Crippen molar-refractivity contribution in [1.29, 1.82) is 0 Å². The zero-order valence-electron chi connectivity index (χ0n) is 15.6. The van der Waals surface area contributed by atoms with Crippen LogP contribution in [0, 0.1) is 5.92 Å². The van der Waals surface area contributed by atoms with Gasteiger partial charge in [0.1, 0.15) is 0 Å². The second-order valence-corrected chi connectivity index (χ2v) is 9.03. The number of nitrogens with one attached hydrogen (secondary N) is 1. The highest BCUT2D eigenvalue weighted by atomic mass is 32.2. The fraction of sp³-hybridized carbons (Fsp3) is 0.350. The van der Waals surface area contributed by atoms with Gasteiger partial charge >= 0.3 is 0 Å². The van der Waals surface area contributed by atoms with E-state index in [0.29, 0.717) is 11.5 Å². The molecule has 0 aliphatic rings. The molecule has 0 unspecified atom stereocenters. The van der Waals surface area contributed by atoms with Crippen molar-refractivity contribution in [3.63, 3.8) is 0 Å². The third-order valence-corrected chi connectivity index (χ3v) is 5.90. The first-order valence-corrected chi connectivity index (χ1v) is 10.0. The molecule has 1 N–H and O–H groups in total. The number of sulfonamides is 1. The van der Waals surface area contributed by atoms with Crippen molar-refractivity contribution >= 4 is 15.9 Å². The SMILES string of the molecule is CC(C)C[C@H](NC(=O)c1cccc(S(=O)(=O)N(C)C)c1)c1ccccc1. The summed E-state index contributed by atoms with van der Waals surface area (Å²) in [5, 5.41) is 3.04. The molecule has 0 heterocycles. The van der Waals surface area contributed by atoms with Gasteiger partial charge < -0.3 is 5.32 Å². The Hall–Kier alpha value is -2.18. The van der Waals surface area contributed by atoms with Gasteiger partial charge in [0.05, 0.1) is 10.9 Å². The number of amides is 1. The molecule has 6 heteroatoms. The maximum absolute atomic E-state index is 12.7. The lowest BCUT2D eigenvalue weighted by atomic mass is 9.96. The van der Waals surface area contributed by atoms with Crippen molar-refractivity contribution in [3.05, 3.63) is 65.7 Å². The van der Waals surface area contributed by atoms with Crippen LogP contribution in [0.15, 0.2) is 59.5 Å². The van der Waals surface area contributed by atoms with Crippen LogP contribution in [0.1, 0.15) is 42.2 Å². The van der Waals surface area contributed by atoms with Gasteiger partial charge in [-0.3, -0.25) is 4.79 Å². The minimum Gasteiger partial charge on any atom is -0.345 e. The normalized spacial score (nSPS) is 13.0. The second-order valence-electron chi connectivity index (χ2n) is 6.88. The quantitative estimate of drug-likeness (QED) is 0.807. The summed E-state index contributed by atoms with van der Waals surface area (Å²) in [6.07, 6.45) is 0.797. The van der Waals surface area contributed by atoms with E-state index in [2.05, 4.69) is 19.2 Å². The van der Waals surface area contributed by atoms with Crippen molar-refractivity contribution < 1.29 is 13.2 Å². The van der Waals surface area contributed by atoms with Gasteiger partial charge in [-0.15, -0.1) is 0 Å². The highest BCUT2D eigenvalue weighted by Gasteiger charge is 2.21. The molecule has 140 valence electrons. The minimum absolute atomic E-state index is 0.107. The van der Waals surface area contributed by atoms with Crippen molar-refractivity contribution in [2.75, 3.05) is 14.1 Å². The standard InChI is InChI=1S/C20H26N2O3S/c1-15(2)13-19(16-9-6-5-7-10-16)21-20(23)17-11-8-12-18(14-17)26(24,25)22(3)4/h5-12,14-15,19H,13H2,1-4H3,(H,21,23)/t19-/m0/s1. The molecule has 0 aliphatic heterocycles. The van der Waals surface area contributed by atoms with E-state index >= 15 is 0 Å². The molecule has 1 amide bonds. The topological polar surface area (TPSA) is 66.5 Å². The summed E-state index contributed by atoms with van der Waals surface area (Å²) in [6.45, 7) is 4.21. The maximum Gasteiger partial charge on any atom is 0.251 e. The summed E-state index contributed by atoms with van der Waals surface area (Å²) in [4.78, 5) is 12.8. The summed E-state index contributed by atoms with van der Waals surface area (Å²) in [7, 11) is -0.642. The van der Waals surface area contributed by atoms with Crippen LogP contribution in [0.2, 0.25) is 0 Å². The van der Waals surface area contributed by atoms with Crippen LogP contribution in [0.4, 0.5) is 0 Å². The summed E-state index contributed by atoms with van der Waals surface area (Å²) in [5.74, 6) is 0.122. The van der Waals surface area contributed by atoms with Crippen LogP contribution in [-0.4, -0.2) is 32.7 Å². The molecule has 0 radical (unpaired) electrons. The van der Waals surface area contributed by atoms with E-state index in [1.807, 2.05) is 30.3 Å². The molecule has 2 aromatic rings. The zero-order valence-corrected chi connectivity index (χ0v) is 16.5. The average molecular weight is 375 g/mol. The highest BCUT2D eigenvalue weighted by Crippen LogP contribution is 2.22. The Morgan fingerprint density at radius 3 is 2.27 bits per heavy atom. The van der Waals surface area contributed by atoms with Gasteiger partial charge in [0.25, 0.3) is 5.91 Å². The first-order valence-electron chi connectivity index (χ1n) is 8.60. The molecule has 0 aliphatic carbocycles. The lowest BCUT2D eigenvalue weighted by Crippen LogP contribution is -2.30. The number of carbonyl (C=O) groups is 1. The van der Waals surface area contributed by atoms with Crippen LogP contribution >= 0.6 is 0 Å². The molecule has 26 heavy (non-hydrogen) atoms. The van der Waals surface area contributed by atoms with Gasteiger partial charge in [-0.05, 0) is 36.1 Å². The summed E-state index contributed by atoms with van der Waals surface area (Å²) in [5.41, 5.74) is 1.37. The Morgan fingerprint density at radius 1 is 1.04 bits per heavy atom. The molecule has 5 nitrogen and oxygen atoms in total. The summed E-state index contributed by atoms with van der Waals surface area (Å²) < 4.78 is 25.7. The number of carbonyl (C=O) groups excluding carboxylic acids is 1. The van der Waals surface area contributed by atoms with Crippen molar-refractivity contribution in [3.8, 4) is 0 Å². The van der Waals surface area contributed by atoms with Crippen molar-refractivity contribution in [2.45, 2.75) is 31.2 Å². The number of rotatable bonds is 7. The van der Waals surface area contributed by atoms with Gasteiger partial charge in [-0.1, -0.05) is 50.2 Å².